The zero-order valence-corrected chi connectivity index (χ0v) is 16.9. The van der Waals surface area contributed by atoms with Crippen molar-refractivity contribution < 1.29 is 14.3 Å². The first kappa shape index (κ1) is 20.6. The number of hydrogen-bond donors (Lipinski definition) is 1. The van der Waals surface area contributed by atoms with Crippen LogP contribution in [-0.2, 0) is 9.59 Å². The number of para-hydroxylation sites is 1. The maximum Gasteiger partial charge on any atom is 0.237 e. The summed E-state index contributed by atoms with van der Waals surface area (Å²) in [5, 5.41) is 2.93. The molecule has 1 atom stereocenters. The lowest BCUT2D eigenvalue weighted by atomic mass is 9.88. The van der Waals surface area contributed by atoms with Crippen LogP contribution in [0.1, 0.15) is 38.5 Å². The second-order valence-corrected chi connectivity index (χ2v) is 7.99. The van der Waals surface area contributed by atoms with Gasteiger partial charge in [-0.2, -0.15) is 0 Å². The smallest absolute Gasteiger partial charge is 0.237 e. The molecule has 2 amide bonds. The van der Waals surface area contributed by atoms with Crippen molar-refractivity contribution in [3.63, 3.8) is 0 Å². The van der Waals surface area contributed by atoms with E-state index in [9.17, 15) is 9.59 Å². The monoisotopic (exact) mass is 387 g/mol. The molecule has 28 heavy (non-hydrogen) atoms. The Balaban J connectivity index is 1.48. The SMILES string of the molecule is CN(CCOc1ccccc1)C(=O)C[C@H]1C(=O)NCCN1CC1CCCCC1. The van der Waals surface area contributed by atoms with E-state index in [2.05, 4.69) is 10.2 Å². The van der Waals surface area contributed by atoms with E-state index in [1.807, 2.05) is 30.3 Å². The molecule has 6 nitrogen and oxygen atoms in total. The summed E-state index contributed by atoms with van der Waals surface area (Å²) in [5.41, 5.74) is 0. The van der Waals surface area contributed by atoms with Crippen LogP contribution in [0, 0.1) is 5.92 Å². The maximum absolute atomic E-state index is 12.7. The molecule has 1 aliphatic heterocycles. The predicted octanol–water partition coefficient (Wildman–Crippen LogP) is 2.29. The van der Waals surface area contributed by atoms with Crippen molar-refractivity contribution in [2.24, 2.45) is 5.92 Å². The van der Waals surface area contributed by atoms with E-state index >= 15 is 0 Å². The highest BCUT2D eigenvalue weighted by Crippen LogP contribution is 2.26. The van der Waals surface area contributed by atoms with Crippen molar-refractivity contribution in [3.8, 4) is 5.75 Å². The van der Waals surface area contributed by atoms with E-state index < -0.39 is 0 Å². The van der Waals surface area contributed by atoms with Gasteiger partial charge in [0.2, 0.25) is 11.8 Å². The minimum atomic E-state index is -0.347. The molecule has 1 aromatic rings. The summed E-state index contributed by atoms with van der Waals surface area (Å²) in [7, 11) is 1.78. The highest BCUT2D eigenvalue weighted by Gasteiger charge is 2.33. The molecule has 6 heteroatoms. The fourth-order valence-electron chi connectivity index (χ4n) is 4.17. The maximum atomic E-state index is 12.7. The summed E-state index contributed by atoms with van der Waals surface area (Å²) in [6.07, 6.45) is 6.64. The van der Waals surface area contributed by atoms with Crippen LogP contribution in [0.5, 0.6) is 5.75 Å². The van der Waals surface area contributed by atoms with Crippen LogP contribution < -0.4 is 10.1 Å². The van der Waals surface area contributed by atoms with Crippen LogP contribution in [0.3, 0.4) is 0 Å². The Morgan fingerprint density at radius 3 is 2.71 bits per heavy atom. The normalized spacial score (nSPS) is 21.2. The molecule has 0 bridgehead atoms. The first-order valence-corrected chi connectivity index (χ1v) is 10.6. The van der Waals surface area contributed by atoms with Crippen molar-refractivity contribution in [2.45, 2.75) is 44.6 Å². The third kappa shape index (κ3) is 5.96. The van der Waals surface area contributed by atoms with Gasteiger partial charge in [0.1, 0.15) is 12.4 Å². The second-order valence-electron chi connectivity index (χ2n) is 7.99. The summed E-state index contributed by atoms with van der Waals surface area (Å²) >= 11 is 0. The molecule has 1 aliphatic carbocycles. The topological polar surface area (TPSA) is 61.9 Å². The Bertz CT molecular complexity index is 631. The third-order valence-electron chi connectivity index (χ3n) is 5.89. The lowest BCUT2D eigenvalue weighted by Gasteiger charge is -2.38. The quantitative estimate of drug-likeness (QED) is 0.744. The van der Waals surface area contributed by atoms with Gasteiger partial charge < -0.3 is 15.0 Å². The predicted molar refractivity (Wildman–Crippen MR) is 109 cm³/mol. The molecule has 3 rings (SSSR count). The Labute approximate surface area is 168 Å². The molecule has 2 fully saturated rings. The molecule has 0 unspecified atom stereocenters. The van der Waals surface area contributed by atoms with Gasteiger partial charge in [-0.15, -0.1) is 0 Å². The Kier molecular flexibility index (Phi) is 7.71. The molecule has 1 saturated heterocycles. The number of rotatable bonds is 8. The van der Waals surface area contributed by atoms with Gasteiger partial charge in [-0.05, 0) is 30.9 Å². The molecule has 1 heterocycles. The number of nitrogens with one attached hydrogen (secondary N) is 1. The molecular formula is C22H33N3O3. The van der Waals surface area contributed by atoms with E-state index in [1.54, 1.807) is 11.9 Å². The molecular weight excluding hydrogens is 354 g/mol. The number of carbonyl (C=O) groups excluding carboxylic acids is 2. The minimum absolute atomic E-state index is 0.00708. The van der Waals surface area contributed by atoms with Crippen molar-refractivity contribution in [1.29, 1.82) is 0 Å². The van der Waals surface area contributed by atoms with E-state index in [1.165, 1.54) is 32.1 Å². The summed E-state index contributed by atoms with van der Waals surface area (Å²) in [6, 6.07) is 9.24. The van der Waals surface area contributed by atoms with E-state index in [-0.39, 0.29) is 24.3 Å². The van der Waals surface area contributed by atoms with Gasteiger partial charge >= 0.3 is 0 Å². The molecule has 1 N–H and O–H groups in total. The van der Waals surface area contributed by atoms with Crippen molar-refractivity contribution in [1.82, 2.24) is 15.1 Å². The lowest BCUT2D eigenvalue weighted by molar-refractivity contribution is -0.138. The molecule has 1 saturated carbocycles. The zero-order chi connectivity index (χ0) is 19.8. The van der Waals surface area contributed by atoms with Crippen LogP contribution in [-0.4, -0.2) is 67.5 Å². The molecule has 2 aliphatic rings. The standard InChI is InChI=1S/C22H33N3O3/c1-24(14-15-28-19-10-6-3-7-11-19)21(26)16-20-22(27)23-12-13-25(20)17-18-8-4-2-5-9-18/h3,6-7,10-11,18,20H,2,4-5,8-9,12-17H2,1H3,(H,23,27)/t20-/m0/s1. The van der Waals surface area contributed by atoms with E-state index in [0.29, 0.717) is 25.6 Å². The van der Waals surface area contributed by atoms with Crippen LogP contribution in [0.25, 0.3) is 0 Å². The van der Waals surface area contributed by atoms with Crippen molar-refractivity contribution in [2.75, 3.05) is 39.8 Å². The summed E-state index contributed by atoms with van der Waals surface area (Å²) in [5.74, 6) is 1.44. The van der Waals surface area contributed by atoms with Gasteiger partial charge in [-0.25, -0.2) is 0 Å². The van der Waals surface area contributed by atoms with Crippen LogP contribution >= 0.6 is 0 Å². The van der Waals surface area contributed by atoms with Crippen LogP contribution in [0.2, 0.25) is 0 Å². The van der Waals surface area contributed by atoms with Gasteiger partial charge in [0.25, 0.3) is 0 Å². The molecule has 1 aromatic carbocycles. The number of benzene rings is 1. The largest absolute Gasteiger partial charge is 0.492 e. The Morgan fingerprint density at radius 2 is 1.96 bits per heavy atom. The highest BCUT2D eigenvalue weighted by molar-refractivity contribution is 5.88. The minimum Gasteiger partial charge on any atom is -0.492 e. The first-order valence-electron chi connectivity index (χ1n) is 10.6. The van der Waals surface area contributed by atoms with Crippen LogP contribution in [0.4, 0.5) is 0 Å². The number of hydrogen-bond acceptors (Lipinski definition) is 4. The van der Waals surface area contributed by atoms with Gasteiger partial charge in [-0.3, -0.25) is 14.5 Å². The molecule has 0 aromatic heterocycles. The number of likely N-dealkylation sites (N-methyl/N-ethyl adjacent to an activating group) is 1. The van der Waals surface area contributed by atoms with Crippen molar-refractivity contribution in [3.05, 3.63) is 30.3 Å². The molecule has 0 spiro atoms. The molecule has 0 radical (unpaired) electrons. The van der Waals surface area contributed by atoms with Gasteiger partial charge in [0, 0.05) is 26.7 Å². The van der Waals surface area contributed by atoms with Crippen LogP contribution in [0.15, 0.2) is 30.3 Å². The van der Waals surface area contributed by atoms with E-state index in [0.717, 1.165) is 18.8 Å². The fourth-order valence-corrected chi connectivity index (χ4v) is 4.17. The zero-order valence-electron chi connectivity index (χ0n) is 16.9. The van der Waals surface area contributed by atoms with Gasteiger partial charge in [0.05, 0.1) is 19.0 Å². The number of amides is 2. The van der Waals surface area contributed by atoms with Gasteiger partial charge in [0.15, 0.2) is 0 Å². The van der Waals surface area contributed by atoms with E-state index in [4.69, 9.17) is 4.74 Å². The average Bonchev–Trinajstić information content (AvgIpc) is 2.72. The summed E-state index contributed by atoms with van der Waals surface area (Å²) in [6.45, 7) is 3.39. The highest BCUT2D eigenvalue weighted by atomic mass is 16.5. The van der Waals surface area contributed by atoms with Crippen molar-refractivity contribution >= 4 is 11.8 Å². The summed E-state index contributed by atoms with van der Waals surface area (Å²) in [4.78, 5) is 29.1. The number of ether oxygens (including phenoxy) is 1. The lowest BCUT2D eigenvalue weighted by Crippen LogP contribution is -2.57. The number of nitrogens with zero attached hydrogens (tertiary/aromatic N) is 2. The Morgan fingerprint density at radius 1 is 1.21 bits per heavy atom. The number of piperazine rings is 1. The first-order chi connectivity index (χ1) is 13.6. The van der Waals surface area contributed by atoms with Gasteiger partial charge in [-0.1, -0.05) is 37.5 Å². The molecule has 154 valence electrons. The fraction of sp³-hybridized carbons (Fsp3) is 0.636. The Hall–Kier alpha value is -2.08. The summed E-state index contributed by atoms with van der Waals surface area (Å²) < 4.78 is 5.68. The third-order valence-corrected chi connectivity index (χ3v) is 5.89. The number of carbonyl (C=O) groups is 2. The average molecular weight is 388 g/mol. The second kappa shape index (κ2) is 10.5.